The van der Waals surface area contributed by atoms with E-state index in [0.29, 0.717) is 17.3 Å². The first-order chi connectivity index (χ1) is 11.5. The summed E-state index contributed by atoms with van der Waals surface area (Å²) >= 11 is 6.12. The smallest absolute Gasteiger partial charge is 0.138 e. The molecule has 3 nitrogen and oxygen atoms in total. The van der Waals surface area contributed by atoms with Crippen molar-refractivity contribution in [2.45, 2.75) is 39.3 Å². The van der Waals surface area contributed by atoms with Crippen LogP contribution in [0.1, 0.15) is 36.6 Å². The molecule has 0 aliphatic heterocycles. The lowest BCUT2D eigenvalue weighted by Gasteiger charge is -2.18. The molecule has 130 valence electrons. The highest BCUT2D eigenvalue weighted by molar-refractivity contribution is 6.32. The molecule has 0 spiro atoms. The maximum absolute atomic E-state index is 10.1. The Hall–Kier alpha value is -1.55. The summed E-state index contributed by atoms with van der Waals surface area (Å²) in [7, 11) is 0. The predicted octanol–water partition coefficient (Wildman–Crippen LogP) is 4.30. The van der Waals surface area contributed by atoms with E-state index in [9.17, 15) is 5.11 Å². The van der Waals surface area contributed by atoms with Crippen molar-refractivity contribution in [3.05, 3.63) is 64.2 Å². The van der Waals surface area contributed by atoms with E-state index in [4.69, 9.17) is 16.3 Å². The van der Waals surface area contributed by atoms with E-state index in [-0.39, 0.29) is 12.6 Å². The maximum atomic E-state index is 10.1. The van der Waals surface area contributed by atoms with Crippen molar-refractivity contribution in [1.82, 2.24) is 5.32 Å². The molecule has 24 heavy (non-hydrogen) atoms. The van der Waals surface area contributed by atoms with Crippen LogP contribution in [0.2, 0.25) is 5.02 Å². The first kappa shape index (κ1) is 18.8. The van der Waals surface area contributed by atoms with Gasteiger partial charge in [0.25, 0.3) is 0 Å². The molecule has 2 atom stereocenters. The van der Waals surface area contributed by atoms with Gasteiger partial charge < -0.3 is 15.2 Å². The van der Waals surface area contributed by atoms with E-state index in [2.05, 4.69) is 43.4 Å². The molecule has 2 aromatic carbocycles. The number of halogens is 1. The van der Waals surface area contributed by atoms with Gasteiger partial charge in [-0.25, -0.2) is 0 Å². The van der Waals surface area contributed by atoms with Crippen LogP contribution in [-0.4, -0.2) is 24.4 Å². The second kappa shape index (κ2) is 9.07. The number of hydrogen-bond acceptors (Lipinski definition) is 3. The van der Waals surface area contributed by atoms with Crippen molar-refractivity contribution >= 4 is 11.6 Å². The average Bonchev–Trinajstić information content (AvgIpc) is 2.59. The fraction of sp³-hybridized carbons (Fsp3) is 0.400. The minimum atomic E-state index is -0.597. The Morgan fingerprint density at radius 2 is 1.88 bits per heavy atom. The van der Waals surface area contributed by atoms with Crippen LogP contribution in [0.25, 0.3) is 0 Å². The summed E-state index contributed by atoms with van der Waals surface area (Å²) in [5, 5.41) is 14.0. The number of ether oxygens (including phenoxy) is 1. The summed E-state index contributed by atoms with van der Waals surface area (Å²) in [5.41, 5.74) is 3.62. The van der Waals surface area contributed by atoms with E-state index in [0.717, 1.165) is 12.0 Å². The van der Waals surface area contributed by atoms with Crippen molar-refractivity contribution < 1.29 is 9.84 Å². The Balaban J connectivity index is 1.78. The number of aliphatic hydroxyl groups excluding tert-OH is 1. The molecule has 0 aliphatic carbocycles. The van der Waals surface area contributed by atoms with E-state index in [1.165, 1.54) is 11.1 Å². The second-order valence-corrected chi connectivity index (χ2v) is 6.53. The van der Waals surface area contributed by atoms with Crippen LogP contribution in [0.4, 0.5) is 0 Å². The lowest BCUT2D eigenvalue weighted by Crippen LogP contribution is -2.33. The molecule has 0 saturated heterocycles. The molecule has 0 bridgehead atoms. The maximum Gasteiger partial charge on any atom is 0.138 e. The third-order valence-electron chi connectivity index (χ3n) is 4.07. The van der Waals surface area contributed by atoms with Gasteiger partial charge >= 0.3 is 0 Å². The van der Waals surface area contributed by atoms with Gasteiger partial charge in [-0.1, -0.05) is 48.9 Å². The van der Waals surface area contributed by atoms with Crippen LogP contribution in [0.3, 0.4) is 0 Å². The minimum Gasteiger partial charge on any atom is -0.489 e. The lowest BCUT2D eigenvalue weighted by atomic mass is 10.0. The minimum absolute atomic E-state index is 0.175. The number of hydrogen-bond donors (Lipinski definition) is 2. The Morgan fingerprint density at radius 1 is 1.17 bits per heavy atom. The number of benzene rings is 2. The van der Waals surface area contributed by atoms with Gasteiger partial charge in [0.05, 0.1) is 5.02 Å². The fourth-order valence-electron chi connectivity index (χ4n) is 2.44. The largest absolute Gasteiger partial charge is 0.489 e. The number of nitrogens with one attached hydrogen (secondary N) is 1. The van der Waals surface area contributed by atoms with Crippen LogP contribution < -0.4 is 10.1 Å². The zero-order valence-electron chi connectivity index (χ0n) is 14.6. The summed E-state index contributed by atoms with van der Waals surface area (Å²) in [6, 6.07) is 14.3. The summed E-state index contributed by atoms with van der Waals surface area (Å²) in [6.07, 6.45) is 0.444. The molecular weight excluding hydrogens is 322 g/mol. The quantitative estimate of drug-likeness (QED) is 0.748. The Labute approximate surface area is 149 Å². The topological polar surface area (TPSA) is 41.5 Å². The van der Waals surface area contributed by atoms with Crippen molar-refractivity contribution in [3.63, 3.8) is 0 Å². The Bertz CT molecular complexity index is 643. The zero-order chi connectivity index (χ0) is 17.5. The van der Waals surface area contributed by atoms with Crippen LogP contribution in [0.15, 0.2) is 42.5 Å². The van der Waals surface area contributed by atoms with Gasteiger partial charge in [0, 0.05) is 12.6 Å². The van der Waals surface area contributed by atoms with Gasteiger partial charge in [-0.3, -0.25) is 0 Å². The number of aryl methyl sites for hydroxylation is 2. The molecule has 0 radical (unpaired) electrons. The SMILES string of the molecule is CCc1ccc(C(C)NCC(O)COc2ccc(C)cc2Cl)cc1. The molecular formula is C20H26ClNO2. The molecule has 0 aromatic heterocycles. The predicted molar refractivity (Wildman–Crippen MR) is 99.9 cm³/mol. The first-order valence-electron chi connectivity index (χ1n) is 8.38. The molecule has 0 fully saturated rings. The van der Waals surface area contributed by atoms with Crippen molar-refractivity contribution in [2.75, 3.05) is 13.2 Å². The summed E-state index contributed by atoms with van der Waals surface area (Å²) in [4.78, 5) is 0. The molecule has 0 saturated carbocycles. The van der Waals surface area contributed by atoms with Crippen LogP contribution in [-0.2, 0) is 6.42 Å². The molecule has 2 N–H and O–H groups in total. The number of rotatable bonds is 8. The molecule has 0 heterocycles. The van der Waals surface area contributed by atoms with E-state index >= 15 is 0 Å². The van der Waals surface area contributed by atoms with Gasteiger partial charge in [-0.15, -0.1) is 0 Å². The van der Waals surface area contributed by atoms with Gasteiger partial charge in [0.1, 0.15) is 18.5 Å². The van der Waals surface area contributed by atoms with Crippen molar-refractivity contribution in [1.29, 1.82) is 0 Å². The molecule has 2 unspecified atom stereocenters. The first-order valence-corrected chi connectivity index (χ1v) is 8.76. The molecule has 2 aromatic rings. The molecule has 0 aliphatic rings. The van der Waals surface area contributed by atoms with Crippen LogP contribution in [0, 0.1) is 6.92 Å². The molecule has 4 heteroatoms. The molecule has 0 amide bonds. The third kappa shape index (κ3) is 5.52. The van der Waals surface area contributed by atoms with Crippen LogP contribution in [0.5, 0.6) is 5.75 Å². The second-order valence-electron chi connectivity index (χ2n) is 6.12. The normalized spacial score (nSPS) is 13.5. The summed E-state index contributed by atoms with van der Waals surface area (Å²) in [5.74, 6) is 0.601. The zero-order valence-corrected chi connectivity index (χ0v) is 15.3. The Kier molecular flexibility index (Phi) is 7.10. The average molecular weight is 348 g/mol. The fourth-order valence-corrected chi connectivity index (χ4v) is 2.73. The van der Waals surface area contributed by atoms with Gasteiger partial charge in [0.15, 0.2) is 0 Å². The Morgan fingerprint density at radius 3 is 2.50 bits per heavy atom. The van der Waals surface area contributed by atoms with Crippen molar-refractivity contribution in [2.24, 2.45) is 0 Å². The van der Waals surface area contributed by atoms with Gasteiger partial charge in [-0.2, -0.15) is 0 Å². The van der Waals surface area contributed by atoms with E-state index in [1.807, 2.05) is 25.1 Å². The third-order valence-corrected chi connectivity index (χ3v) is 4.36. The van der Waals surface area contributed by atoms with E-state index in [1.54, 1.807) is 0 Å². The highest BCUT2D eigenvalue weighted by Gasteiger charge is 2.10. The highest BCUT2D eigenvalue weighted by atomic mass is 35.5. The van der Waals surface area contributed by atoms with Crippen molar-refractivity contribution in [3.8, 4) is 5.75 Å². The van der Waals surface area contributed by atoms with E-state index < -0.39 is 6.10 Å². The monoisotopic (exact) mass is 347 g/mol. The molecule has 2 rings (SSSR count). The standard InChI is InChI=1S/C20H26ClNO2/c1-4-16-6-8-17(9-7-16)15(3)22-12-18(23)13-24-20-10-5-14(2)11-19(20)21/h5-11,15,18,22-23H,4,12-13H2,1-3H3. The van der Waals surface area contributed by atoms with Gasteiger partial charge in [-0.05, 0) is 49.1 Å². The lowest BCUT2D eigenvalue weighted by molar-refractivity contribution is 0.104. The number of aliphatic hydroxyl groups is 1. The van der Waals surface area contributed by atoms with Crippen LogP contribution >= 0.6 is 11.6 Å². The summed E-state index contributed by atoms with van der Waals surface area (Å²) in [6.45, 7) is 6.87. The summed E-state index contributed by atoms with van der Waals surface area (Å²) < 4.78 is 5.60. The van der Waals surface area contributed by atoms with Gasteiger partial charge in [0.2, 0.25) is 0 Å². The highest BCUT2D eigenvalue weighted by Crippen LogP contribution is 2.25.